The van der Waals surface area contributed by atoms with Crippen molar-refractivity contribution < 1.29 is 22.8 Å². The Balaban J connectivity index is 1.92. The Labute approximate surface area is 142 Å². The van der Waals surface area contributed by atoms with Crippen LogP contribution >= 0.6 is 0 Å². The molecular weight excluding hydrogens is 337 g/mol. The maximum absolute atomic E-state index is 13.5. The Bertz CT molecular complexity index is 833. The monoisotopic (exact) mass is 354 g/mol. The summed E-state index contributed by atoms with van der Waals surface area (Å²) in [4.78, 5) is 23.7. The third-order valence-corrected chi connectivity index (χ3v) is 3.75. The smallest absolute Gasteiger partial charge is 0.243 e. The summed E-state index contributed by atoms with van der Waals surface area (Å²) < 4.78 is 41.1. The number of halogens is 3. The Morgan fingerprint density at radius 3 is 2.40 bits per heavy atom. The van der Waals surface area contributed by atoms with Gasteiger partial charge in [-0.05, 0) is 26.0 Å². The van der Waals surface area contributed by atoms with Gasteiger partial charge in [0, 0.05) is 18.3 Å². The van der Waals surface area contributed by atoms with E-state index in [1.807, 2.05) is 6.92 Å². The fourth-order valence-electron chi connectivity index (χ4n) is 2.29. The third kappa shape index (κ3) is 4.17. The van der Waals surface area contributed by atoms with Crippen LogP contribution in [0.1, 0.15) is 17.0 Å². The van der Waals surface area contributed by atoms with Gasteiger partial charge in [-0.15, -0.1) is 0 Å². The van der Waals surface area contributed by atoms with Crippen LogP contribution in [-0.2, 0) is 23.1 Å². The van der Waals surface area contributed by atoms with Gasteiger partial charge in [0.1, 0.15) is 0 Å². The number of hydrogen-bond acceptors (Lipinski definition) is 3. The number of nitrogens with zero attached hydrogens (tertiary/aromatic N) is 2. The van der Waals surface area contributed by atoms with Crippen LogP contribution in [-0.4, -0.2) is 28.1 Å². The van der Waals surface area contributed by atoms with Crippen molar-refractivity contribution >= 4 is 17.5 Å². The molecule has 25 heavy (non-hydrogen) atoms. The van der Waals surface area contributed by atoms with Crippen LogP contribution in [0.25, 0.3) is 0 Å². The van der Waals surface area contributed by atoms with Crippen LogP contribution in [0.2, 0.25) is 0 Å². The molecule has 2 aromatic rings. The molecule has 1 aromatic carbocycles. The van der Waals surface area contributed by atoms with E-state index < -0.39 is 41.5 Å². The summed E-state index contributed by atoms with van der Waals surface area (Å²) in [6.45, 7) is 3.16. The van der Waals surface area contributed by atoms with Gasteiger partial charge in [0.15, 0.2) is 17.5 Å². The summed E-state index contributed by atoms with van der Waals surface area (Å²) in [5, 5.41) is 8.64. The van der Waals surface area contributed by atoms with E-state index in [1.165, 1.54) is 0 Å². The van der Waals surface area contributed by atoms with Crippen LogP contribution in [0.5, 0.6) is 0 Å². The van der Waals surface area contributed by atoms with Crippen molar-refractivity contribution in [3.05, 3.63) is 46.5 Å². The molecule has 0 fully saturated rings. The highest BCUT2D eigenvalue weighted by Crippen LogP contribution is 2.19. The zero-order valence-corrected chi connectivity index (χ0v) is 13.9. The normalized spacial score (nSPS) is 10.6. The number of nitrogens with one attached hydrogen (secondary N) is 2. The molecule has 0 saturated heterocycles. The molecule has 0 atom stereocenters. The Morgan fingerprint density at radius 2 is 1.80 bits per heavy atom. The van der Waals surface area contributed by atoms with Crippen molar-refractivity contribution in [3.8, 4) is 0 Å². The van der Waals surface area contributed by atoms with Crippen LogP contribution in [0.3, 0.4) is 0 Å². The lowest BCUT2D eigenvalue weighted by molar-refractivity contribution is -0.123. The SMILES string of the molecule is Cc1nn(C)c(C)c1CC(=O)NCC(=O)Nc1ccc(F)c(F)c1F. The number of aromatic nitrogens is 2. The lowest BCUT2D eigenvalue weighted by atomic mass is 10.1. The number of carbonyl (C=O) groups excluding carboxylic acids is 2. The zero-order valence-electron chi connectivity index (χ0n) is 13.9. The first kappa shape index (κ1) is 18.5. The summed E-state index contributed by atoms with van der Waals surface area (Å²) in [5.74, 6) is -5.71. The first-order chi connectivity index (χ1) is 11.7. The number of anilines is 1. The van der Waals surface area contributed by atoms with E-state index in [-0.39, 0.29) is 6.42 Å². The molecule has 0 aliphatic rings. The minimum absolute atomic E-state index is 0.0400. The molecule has 134 valence electrons. The number of rotatable bonds is 5. The molecule has 6 nitrogen and oxygen atoms in total. The molecule has 0 saturated carbocycles. The standard InChI is InChI=1S/C16H17F3N4O2/c1-8-10(9(2)23(3)22-8)6-13(24)20-7-14(25)21-12-5-4-11(17)15(18)16(12)19/h4-5H,6-7H2,1-3H3,(H,20,24)(H,21,25). The molecule has 1 heterocycles. The van der Waals surface area contributed by atoms with E-state index >= 15 is 0 Å². The summed E-state index contributed by atoms with van der Waals surface area (Å²) in [6, 6.07) is 1.59. The van der Waals surface area contributed by atoms with Gasteiger partial charge in [-0.2, -0.15) is 5.10 Å². The largest absolute Gasteiger partial charge is 0.347 e. The molecule has 0 unspecified atom stereocenters. The van der Waals surface area contributed by atoms with E-state index in [0.717, 1.165) is 17.3 Å². The number of benzene rings is 1. The molecule has 9 heteroatoms. The van der Waals surface area contributed by atoms with Gasteiger partial charge >= 0.3 is 0 Å². The Morgan fingerprint density at radius 1 is 1.12 bits per heavy atom. The van der Waals surface area contributed by atoms with Crippen molar-refractivity contribution in [3.63, 3.8) is 0 Å². The lowest BCUT2D eigenvalue weighted by Crippen LogP contribution is -2.34. The highest BCUT2D eigenvalue weighted by Gasteiger charge is 2.17. The molecule has 0 aliphatic heterocycles. The van der Waals surface area contributed by atoms with Gasteiger partial charge in [0.25, 0.3) is 0 Å². The Kier molecular flexibility index (Phi) is 5.45. The molecule has 2 N–H and O–H groups in total. The van der Waals surface area contributed by atoms with Crippen molar-refractivity contribution in [2.24, 2.45) is 7.05 Å². The molecule has 0 aliphatic carbocycles. The van der Waals surface area contributed by atoms with Crippen LogP contribution in [0.4, 0.5) is 18.9 Å². The second-order valence-electron chi connectivity index (χ2n) is 5.50. The fourth-order valence-corrected chi connectivity index (χ4v) is 2.29. The number of aryl methyl sites for hydroxylation is 2. The minimum Gasteiger partial charge on any atom is -0.347 e. The van der Waals surface area contributed by atoms with Gasteiger partial charge in [-0.25, -0.2) is 13.2 Å². The summed E-state index contributed by atoms with van der Waals surface area (Å²) >= 11 is 0. The van der Waals surface area contributed by atoms with Crippen LogP contribution < -0.4 is 10.6 Å². The van der Waals surface area contributed by atoms with Crippen LogP contribution in [0, 0.1) is 31.3 Å². The first-order valence-electron chi connectivity index (χ1n) is 7.39. The fraction of sp³-hybridized carbons (Fsp3) is 0.312. The number of amides is 2. The predicted octanol–water partition coefficient (Wildman–Crippen LogP) is 1.75. The second kappa shape index (κ2) is 7.37. The summed E-state index contributed by atoms with van der Waals surface area (Å²) in [6.07, 6.45) is 0.0400. The van der Waals surface area contributed by atoms with E-state index in [1.54, 1.807) is 18.7 Å². The van der Waals surface area contributed by atoms with Crippen molar-refractivity contribution in [1.29, 1.82) is 0 Å². The van der Waals surface area contributed by atoms with Gasteiger partial charge in [0.05, 0.1) is 24.3 Å². The quantitative estimate of drug-likeness (QED) is 0.804. The highest BCUT2D eigenvalue weighted by atomic mass is 19.2. The maximum Gasteiger partial charge on any atom is 0.243 e. The molecule has 1 aromatic heterocycles. The van der Waals surface area contributed by atoms with E-state index in [4.69, 9.17) is 0 Å². The molecule has 0 bridgehead atoms. The Hall–Kier alpha value is -2.84. The number of carbonyl (C=O) groups is 2. The van der Waals surface area contributed by atoms with Crippen molar-refractivity contribution in [2.75, 3.05) is 11.9 Å². The summed E-state index contributed by atoms with van der Waals surface area (Å²) in [5.41, 5.74) is 1.80. The van der Waals surface area contributed by atoms with E-state index in [9.17, 15) is 22.8 Å². The summed E-state index contributed by atoms with van der Waals surface area (Å²) in [7, 11) is 1.76. The predicted molar refractivity (Wildman–Crippen MR) is 84.3 cm³/mol. The molecule has 0 spiro atoms. The van der Waals surface area contributed by atoms with Crippen molar-refractivity contribution in [2.45, 2.75) is 20.3 Å². The van der Waals surface area contributed by atoms with Gasteiger partial charge in [0.2, 0.25) is 11.8 Å². The minimum atomic E-state index is -1.68. The third-order valence-electron chi connectivity index (χ3n) is 3.75. The highest BCUT2D eigenvalue weighted by molar-refractivity contribution is 5.94. The van der Waals surface area contributed by atoms with E-state index in [2.05, 4.69) is 15.7 Å². The van der Waals surface area contributed by atoms with Gasteiger partial charge in [-0.1, -0.05) is 0 Å². The average Bonchev–Trinajstić information content (AvgIpc) is 2.80. The van der Waals surface area contributed by atoms with Gasteiger partial charge < -0.3 is 10.6 Å². The molecule has 2 amide bonds. The van der Waals surface area contributed by atoms with E-state index in [0.29, 0.717) is 11.8 Å². The first-order valence-corrected chi connectivity index (χ1v) is 7.39. The second-order valence-corrected chi connectivity index (χ2v) is 5.50. The molecule has 2 rings (SSSR count). The van der Waals surface area contributed by atoms with Gasteiger partial charge in [-0.3, -0.25) is 14.3 Å². The van der Waals surface area contributed by atoms with Crippen LogP contribution in [0.15, 0.2) is 12.1 Å². The molecule has 0 radical (unpaired) electrons. The number of hydrogen-bond donors (Lipinski definition) is 2. The van der Waals surface area contributed by atoms with Crippen molar-refractivity contribution in [1.82, 2.24) is 15.1 Å². The zero-order chi connectivity index (χ0) is 18.7. The average molecular weight is 354 g/mol. The maximum atomic E-state index is 13.5. The molecular formula is C16H17F3N4O2. The topological polar surface area (TPSA) is 76.0 Å². The lowest BCUT2D eigenvalue weighted by Gasteiger charge is -2.09.